The van der Waals surface area contributed by atoms with Crippen LogP contribution >= 0.6 is 11.6 Å². The normalized spacial score (nSPS) is 16.9. The van der Waals surface area contributed by atoms with E-state index in [1.165, 1.54) is 6.33 Å². The molecule has 0 bridgehead atoms. The van der Waals surface area contributed by atoms with Crippen molar-refractivity contribution in [1.82, 2.24) is 15.3 Å². The third-order valence-corrected chi connectivity index (χ3v) is 2.97. The predicted molar refractivity (Wildman–Crippen MR) is 63.4 cm³/mol. The van der Waals surface area contributed by atoms with Gasteiger partial charge in [0.05, 0.1) is 0 Å². The summed E-state index contributed by atoms with van der Waals surface area (Å²) in [6.07, 6.45) is 2.01. The van der Waals surface area contributed by atoms with Crippen LogP contribution in [0.3, 0.4) is 0 Å². The van der Waals surface area contributed by atoms with Gasteiger partial charge in [-0.2, -0.15) is 0 Å². The molecule has 0 unspecified atom stereocenters. The number of anilines is 1. The van der Waals surface area contributed by atoms with Crippen LogP contribution in [0.5, 0.6) is 0 Å². The molecule has 1 amide bonds. The minimum atomic E-state index is -0.964. The van der Waals surface area contributed by atoms with Gasteiger partial charge in [-0.05, 0) is 12.8 Å². The molecule has 7 heteroatoms. The molecule has 1 saturated heterocycles. The molecule has 1 aliphatic rings. The number of amides is 1. The summed E-state index contributed by atoms with van der Waals surface area (Å²) in [7, 11) is 0. The molecule has 0 atom stereocenters. The van der Waals surface area contributed by atoms with Crippen LogP contribution < -0.4 is 10.2 Å². The van der Waals surface area contributed by atoms with E-state index in [4.69, 9.17) is 16.7 Å². The Morgan fingerprint density at radius 2 is 2.18 bits per heavy atom. The van der Waals surface area contributed by atoms with Crippen molar-refractivity contribution in [2.75, 3.05) is 18.0 Å². The van der Waals surface area contributed by atoms with E-state index in [0.717, 1.165) is 31.7 Å². The molecule has 6 nitrogen and oxygen atoms in total. The van der Waals surface area contributed by atoms with Crippen molar-refractivity contribution >= 4 is 23.5 Å². The lowest BCUT2D eigenvalue weighted by molar-refractivity contribution is 0.187. The highest BCUT2D eigenvalue weighted by molar-refractivity contribution is 6.29. The van der Waals surface area contributed by atoms with E-state index in [1.54, 1.807) is 6.07 Å². The molecular formula is C10H13ClN4O2. The first-order chi connectivity index (χ1) is 8.15. The lowest BCUT2D eigenvalue weighted by atomic mass is 10.1. The van der Waals surface area contributed by atoms with Gasteiger partial charge in [-0.25, -0.2) is 14.8 Å². The van der Waals surface area contributed by atoms with Crippen molar-refractivity contribution in [3.05, 3.63) is 17.5 Å². The summed E-state index contributed by atoms with van der Waals surface area (Å²) < 4.78 is 0. The number of nitrogens with zero attached hydrogens (tertiary/aromatic N) is 3. The first-order valence-corrected chi connectivity index (χ1v) is 5.75. The van der Waals surface area contributed by atoms with Crippen molar-refractivity contribution in [1.29, 1.82) is 0 Å². The number of hydrogen-bond acceptors (Lipinski definition) is 4. The van der Waals surface area contributed by atoms with E-state index in [9.17, 15) is 4.79 Å². The molecule has 2 rings (SSSR count). The molecule has 92 valence electrons. The average molecular weight is 257 g/mol. The van der Waals surface area contributed by atoms with Crippen LogP contribution in [-0.2, 0) is 0 Å². The SMILES string of the molecule is O=C(O)NC1CCN(c2cc(Cl)ncn2)CC1. The Morgan fingerprint density at radius 3 is 2.76 bits per heavy atom. The summed E-state index contributed by atoms with van der Waals surface area (Å²) in [4.78, 5) is 20.5. The third kappa shape index (κ3) is 3.20. The lowest BCUT2D eigenvalue weighted by Gasteiger charge is -2.32. The molecule has 0 radical (unpaired) electrons. The summed E-state index contributed by atoms with van der Waals surface area (Å²) in [5, 5.41) is 11.5. The first-order valence-electron chi connectivity index (χ1n) is 5.37. The van der Waals surface area contributed by atoms with Gasteiger partial charge in [-0.3, -0.25) is 0 Å². The fraction of sp³-hybridized carbons (Fsp3) is 0.500. The minimum Gasteiger partial charge on any atom is -0.465 e. The van der Waals surface area contributed by atoms with E-state index < -0.39 is 6.09 Å². The topological polar surface area (TPSA) is 78.4 Å². The predicted octanol–water partition coefficient (Wildman–Crippen LogP) is 1.37. The van der Waals surface area contributed by atoms with Gasteiger partial charge in [-0.15, -0.1) is 0 Å². The highest BCUT2D eigenvalue weighted by Crippen LogP contribution is 2.19. The van der Waals surface area contributed by atoms with Gasteiger partial charge in [0.2, 0.25) is 0 Å². The van der Waals surface area contributed by atoms with Crippen molar-refractivity contribution < 1.29 is 9.90 Å². The van der Waals surface area contributed by atoms with Gasteiger partial charge < -0.3 is 15.3 Å². The number of carbonyl (C=O) groups is 1. The zero-order chi connectivity index (χ0) is 12.3. The minimum absolute atomic E-state index is 0.0288. The van der Waals surface area contributed by atoms with Gasteiger partial charge in [0.25, 0.3) is 0 Å². The van der Waals surface area contributed by atoms with Gasteiger partial charge in [0.1, 0.15) is 17.3 Å². The van der Waals surface area contributed by atoms with Crippen LogP contribution in [0.25, 0.3) is 0 Å². The zero-order valence-corrected chi connectivity index (χ0v) is 9.89. The number of piperidine rings is 1. The van der Waals surface area contributed by atoms with E-state index in [0.29, 0.717) is 5.15 Å². The Bertz CT molecular complexity index is 407. The molecule has 1 aliphatic heterocycles. The second kappa shape index (κ2) is 5.18. The Balaban J connectivity index is 1.93. The van der Waals surface area contributed by atoms with E-state index in [-0.39, 0.29) is 6.04 Å². The number of carboxylic acid groups (broad SMARTS) is 1. The number of aromatic nitrogens is 2. The van der Waals surface area contributed by atoms with E-state index in [2.05, 4.69) is 20.2 Å². The second-order valence-electron chi connectivity index (χ2n) is 3.91. The van der Waals surface area contributed by atoms with Crippen molar-refractivity contribution in [3.8, 4) is 0 Å². The largest absolute Gasteiger partial charge is 0.465 e. The molecule has 17 heavy (non-hydrogen) atoms. The lowest BCUT2D eigenvalue weighted by Crippen LogP contribution is -2.44. The molecule has 1 aromatic heterocycles. The Labute approximate surface area is 104 Å². The molecular weight excluding hydrogens is 244 g/mol. The summed E-state index contributed by atoms with van der Waals surface area (Å²) >= 11 is 5.79. The summed E-state index contributed by atoms with van der Waals surface area (Å²) in [6.45, 7) is 1.52. The van der Waals surface area contributed by atoms with Crippen LogP contribution in [0, 0.1) is 0 Å². The van der Waals surface area contributed by atoms with Crippen molar-refractivity contribution in [3.63, 3.8) is 0 Å². The maximum absolute atomic E-state index is 10.5. The van der Waals surface area contributed by atoms with Crippen molar-refractivity contribution in [2.45, 2.75) is 18.9 Å². The number of halogens is 1. The van der Waals surface area contributed by atoms with Gasteiger partial charge in [0.15, 0.2) is 0 Å². The zero-order valence-electron chi connectivity index (χ0n) is 9.14. The molecule has 0 spiro atoms. The number of hydrogen-bond donors (Lipinski definition) is 2. The Morgan fingerprint density at radius 1 is 1.47 bits per heavy atom. The summed E-state index contributed by atoms with van der Waals surface area (Å²) in [5.41, 5.74) is 0. The van der Waals surface area contributed by atoms with Crippen LogP contribution in [0.2, 0.25) is 5.15 Å². The molecule has 0 saturated carbocycles. The standard InChI is InChI=1S/C10H13ClN4O2/c11-8-5-9(13-6-12-8)15-3-1-7(2-4-15)14-10(16)17/h5-7,14H,1-4H2,(H,16,17). The van der Waals surface area contributed by atoms with Crippen LogP contribution in [0.1, 0.15) is 12.8 Å². The fourth-order valence-corrected chi connectivity index (χ4v) is 2.07. The van der Waals surface area contributed by atoms with Crippen LogP contribution in [0.4, 0.5) is 10.6 Å². The smallest absolute Gasteiger partial charge is 0.404 e. The number of rotatable bonds is 2. The Kier molecular flexibility index (Phi) is 3.63. The highest BCUT2D eigenvalue weighted by Gasteiger charge is 2.21. The monoisotopic (exact) mass is 256 g/mol. The maximum atomic E-state index is 10.5. The van der Waals surface area contributed by atoms with Gasteiger partial charge >= 0.3 is 6.09 Å². The third-order valence-electron chi connectivity index (χ3n) is 2.77. The first kappa shape index (κ1) is 11.9. The van der Waals surface area contributed by atoms with Gasteiger partial charge in [-0.1, -0.05) is 11.6 Å². The average Bonchev–Trinajstić information content (AvgIpc) is 2.29. The molecule has 2 heterocycles. The molecule has 2 N–H and O–H groups in total. The Hall–Kier alpha value is -1.56. The van der Waals surface area contributed by atoms with Crippen molar-refractivity contribution in [2.24, 2.45) is 0 Å². The fourth-order valence-electron chi connectivity index (χ4n) is 1.92. The molecule has 1 fully saturated rings. The molecule has 0 aliphatic carbocycles. The maximum Gasteiger partial charge on any atom is 0.404 e. The van der Waals surface area contributed by atoms with E-state index >= 15 is 0 Å². The van der Waals surface area contributed by atoms with Crippen LogP contribution in [0.15, 0.2) is 12.4 Å². The summed E-state index contributed by atoms with van der Waals surface area (Å²) in [6, 6.07) is 1.74. The van der Waals surface area contributed by atoms with E-state index in [1.807, 2.05) is 0 Å². The summed E-state index contributed by atoms with van der Waals surface area (Å²) in [5.74, 6) is 0.791. The van der Waals surface area contributed by atoms with Gasteiger partial charge in [0, 0.05) is 25.2 Å². The second-order valence-corrected chi connectivity index (χ2v) is 4.30. The number of nitrogens with one attached hydrogen (secondary N) is 1. The quantitative estimate of drug-likeness (QED) is 0.782. The highest BCUT2D eigenvalue weighted by atomic mass is 35.5. The van der Waals surface area contributed by atoms with Crippen LogP contribution in [-0.4, -0.2) is 40.3 Å². The molecule has 1 aromatic rings. The molecule has 0 aromatic carbocycles.